The molecule has 3 N–H and O–H groups in total. The number of hydrogen-bond donors (Lipinski definition) is 2. The van der Waals surface area contributed by atoms with E-state index < -0.39 is 12.0 Å². The van der Waals surface area contributed by atoms with Crippen LogP contribution in [0, 0.1) is 0 Å². The summed E-state index contributed by atoms with van der Waals surface area (Å²) in [6, 6.07) is -0.602. The molecule has 0 unspecified atom stereocenters. The molecule has 2 radical (unpaired) electrons. The quantitative estimate of drug-likeness (QED) is 0.355. The molecule has 0 aliphatic carbocycles. The average Bonchev–Trinajstić information content (AvgIpc) is 1.99. The lowest BCUT2D eigenvalue weighted by Gasteiger charge is -2.11. The van der Waals surface area contributed by atoms with Gasteiger partial charge in [0.2, 0.25) is 0 Å². The van der Waals surface area contributed by atoms with Gasteiger partial charge in [-0.2, -0.15) is 0 Å². The van der Waals surface area contributed by atoms with Crippen molar-refractivity contribution in [3.63, 3.8) is 0 Å². The average molecular weight is 144 g/mol. The highest BCUT2D eigenvalue weighted by atomic mass is 16.6. The van der Waals surface area contributed by atoms with Crippen LogP contribution >= 0.6 is 0 Å². The van der Waals surface area contributed by atoms with Crippen LogP contribution in [-0.4, -0.2) is 33.7 Å². The molecule has 5 nitrogen and oxygen atoms in total. The summed E-state index contributed by atoms with van der Waals surface area (Å²) < 4.78 is 3.92. The van der Waals surface area contributed by atoms with Gasteiger partial charge in [0.15, 0.2) is 0 Å². The van der Waals surface area contributed by atoms with Gasteiger partial charge in [-0.1, -0.05) is 0 Å². The maximum absolute atomic E-state index is 10.6. The van der Waals surface area contributed by atoms with Crippen LogP contribution in [0.3, 0.4) is 0 Å². The van der Waals surface area contributed by atoms with E-state index in [1.54, 1.807) is 7.05 Å². The summed E-state index contributed by atoms with van der Waals surface area (Å²) in [4.78, 5) is 14.8. The fraction of sp³-hybridized carbons (Fsp3) is 0.750. The molecule has 0 fully saturated rings. The third-order valence-corrected chi connectivity index (χ3v) is 1.01. The van der Waals surface area contributed by atoms with Crippen molar-refractivity contribution in [1.82, 2.24) is 5.32 Å². The predicted octanol–water partition coefficient (Wildman–Crippen LogP) is -1.91. The van der Waals surface area contributed by atoms with Crippen molar-refractivity contribution in [2.24, 2.45) is 5.90 Å². The van der Waals surface area contributed by atoms with Gasteiger partial charge >= 0.3 is 14.0 Å². The van der Waals surface area contributed by atoms with E-state index in [-0.39, 0.29) is 6.61 Å². The van der Waals surface area contributed by atoms with Crippen molar-refractivity contribution in [3.8, 4) is 0 Å². The monoisotopic (exact) mass is 144 g/mol. The van der Waals surface area contributed by atoms with Crippen LogP contribution in [0.1, 0.15) is 0 Å². The molecule has 0 aromatic rings. The van der Waals surface area contributed by atoms with Gasteiger partial charge in [-0.3, -0.25) is 4.79 Å². The minimum Gasteiger partial charge on any atom is -0.542 e. The van der Waals surface area contributed by atoms with E-state index in [1.165, 1.54) is 0 Å². The van der Waals surface area contributed by atoms with Crippen LogP contribution in [0.5, 0.6) is 0 Å². The highest BCUT2D eigenvalue weighted by molar-refractivity contribution is 6.06. The normalized spacial score (nSPS) is 12.6. The zero-order chi connectivity index (χ0) is 7.98. The van der Waals surface area contributed by atoms with E-state index in [1.807, 2.05) is 0 Å². The molecular formula is C4H9BN2O3. The molecule has 1 atom stereocenters. The van der Waals surface area contributed by atoms with Gasteiger partial charge in [0.05, 0.1) is 6.61 Å². The number of hydrogen-bond acceptors (Lipinski definition) is 5. The van der Waals surface area contributed by atoms with Gasteiger partial charge in [0, 0.05) is 0 Å². The Hall–Kier alpha value is -0.585. The number of nitrogens with two attached hydrogens (primary N) is 1. The lowest BCUT2D eigenvalue weighted by atomic mass is 10.3. The topological polar surface area (TPSA) is 73.6 Å². The fourth-order valence-corrected chi connectivity index (χ4v) is 0.448. The molecule has 0 aromatic heterocycles. The number of carbonyl (C=O) groups is 1. The molecule has 0 rings (SSSR count). The molecule has 0 aromatic carbocycles. The second-order valence-electron chi connectivity index (χ2n) is 1.61. The smallest absolute Gasteiger partial charge is 0.378 e. The van der Waals surface area contributed by atoms with Crippen LogP contribution in [0.25, 0.3) is 0 Å². The predicted molar refractivity (Wildman–Crippen MR) is 34.8 cm³/mol. The first-order valence-corrected chi connectivity index (χ1v) is 2.65. The van der Waals surface area contributed by atoms with Gasteiger partial charge in [-0.05, 0) is 7.05 Å². The maximum Gasteiger partial charge on any atom is 0.378 e. The van der Waals surface area contributed by atoms with E-state index in [0.717, 1.165) is 0 Å². The molecule has 10 heavy (non-hydrogen) atoms. The molecule has 0 saturated heterocycles. The number of carbonyl (C=O) groups excluding carboxylic acids is 1. The van der Waals surface area contributed by atoms with Crippen LogP contribution in [0.4, 0.5) is 0 Å². The highest BCUT2D eigenvalue weighted by Gasteiger charge is 2.15. The minimum absolute atomic E-state index is 0.0343. The van der Waals surface area contributed by atoms with Crippen LogP contribution in [0.2, 0.25) is 0 Å². The maximum atomic E-state index is 10.6. The molecule has 0 aliphatic heterocycles. The number of nitrogens with one attached hydrogen (secondary N) is 1. The summed E-state index contributed by atoms with van der Waals surface area (Å²) in [6.45, 7) is 0.0343. The SMILES string of the molecule is [B]OC(=O)[C@H](CON)NC. The number of rotatable bonds is 4. The molecule has 0 saturated carbocycles. The van der Waals surface area contributed by atoms with E-state index in [4.69, 9.17) is 5.90 Å². The molecule has 0 aliphatic rings. The van der Waals surface area contributed by atoms with Crippen molar-refractivity contribution in [3.05, 3.63) is 0 Å². The van der Waals surface area contributed by atoms with Gasteiger partial charge in [-0.25, -0.2) is 5.90 Å². The third kappa shape index (κ3) is 2.81. The Morgan fingerprint density at radius 2 is 2.50 bits per heavy atom. The van der Waals surface area contributed by atoms with Crippen LogP contribution < -0.4 is 11.2 Å². The summed E-state index contributed by atoms with van der Waals surface area (Å²) in [5.41, 5.74) is 0. The van der Waals surface area contributed by atoms with Crippen molar-refractivity contribution >= 4 is 14.0 Å². The minimum atomic E-state index is -0.604. The largest absolute Gasteiger partial charge is 0.542 e. The second-order valence-corrected chi connectivity index (χ2v) is 1.61. The van der Waals surface area contributed by atoms with Gasteiger partial charge in [0.1, 0.15) is 6.04 Å². The van der Waals surface area contributed by atoms with E-state index in [0.29, 0.717) is 0 Å². The molecule has 0 amide bonds. The lowest BCUT2D eigenvalue weighted by Crippen LogP contribution is -2.40. The van der Waals surface area contributed by atoms with Gasteiger partial charge in [0.25, 0.3) is 0 Å². The van der Waals surface area contributed by atoms with Gasteiger partial charge < -0.3 is 14.8 Å². The summed E-state index contributed by atoms with van der Waals surface area (Å²) in [5, 5.41) is 2.59. The van der Waals surface area contributed by atoms with E-state index in [2.05, 4.69) is 22.9 Å². The Balaban J connectivity index is 3.68. The van der Waals surface area contributed by atoms with Crippen molar-refractivity contribution in [2.75, 3.05) is 13.7 Å². The molecule has 0 heterocycles. The molecular weight excluding hydrogens is 135 g/mol. The van der Waals surface area contributed by atoms with Crippen molar-refractivity contribution in [2.45, 2.75) is 6.04 Å². The number of likely N-dealkylation sites (N-methyl/N-ethyl adjacent to an activating group) is 1. The highest BCUT2D eigenvalue weighted by Crippen LogP contribution is 1.84. The van der Waals surface area contributed by atoms with Crippen molar-refractivity contribution < 1.29 is 14.3 Å². The van der Waals surface area contributed by atoms with Crippen LogP contribution in [0.15, 0.2) is 0 Å². The Labute approximate surface area is 60.3 Å². The van der Waals surface area contributed by atoms with Crippen LogP contribution in [-0.2, 0) is 14.3 Å². The Bertz CT molecular complexity index is 111. The third-order valence-electron chi connectivity index (χ3n) is 1.01. The molecule has 0 bridgehead atoms. The summed E-state index contributed by atoms with van der Waals surface area (Å²) in [7, 11) is 6.16. The fourth-order valence-electron chi connectivity index (χ4n) is 0.448. The second kappa shape index (κ2) is 5.22. The summed E-state index contributed by atoms with van der Waals surface area (Å²) in [6.07, 6.45) is 0. The zero-order valence-electron chi connectivity index (χ0n) is 5.66. The molecule has 0 spiro atoms. The zero-order valence-corrected chi connectivity index (χ0v) is 5.66. The Morgan fingerprint density at radius 1 is 1.90 bits per heavy atom. The first-order valence-electron chi connectivity index (χ1n) is 2.65. The molecule has 6 heteroatoms. The summed E-state index contributed by atoms with van der Waals surface area (Å²) in [5.74, 6) is 4.11. The molecule has 56 valence electrons. The Morgan fingerprint density at radius 3 is 2.80 bits per heavy atom. The first-order chi connectivity index (χ1) is 4.76. The lowest BCUT2D eigenvalue weighted by molar-refractivity contribution is -0.137. The first kappa shape index (κ1) is 9.41. The summed E-state index contributed by atoms with van der Waals surface area (Å²) >= 11 is 0. The van der Waals surface area contributed by atoms with Gasteiger partial charge in [-0.15, -0.1) is 0 Å². The Kier molecular flexibility index (Phi) is 4.91. The van der Waals surface area contributed by atoms with E-state index >= 15 is 0 Å². The standard InChI is InChI=1S/C4H9BN2O3/c1-7-3(2-9-6)4(8)10-5/h3,7H,2,6H2,1H3/t3-/m0/s1. The van der Waals surface area contributed by atoms with Crippen molar-refractivity contribution in [1.29, 1.82) is 0 Å². The van der Waals surface area contributed by atoms with E-state index in [9.17, 15) is 4.79 Å².